The summed E-state index contributed by atoms with van der Waals surface area (Å²) in [5.41, 5.74) is 1.18. The summed E-state index contributed by atoms with van der Waals surface area (Å²) in [4.78, 5) is 27.3. The number of likely N-dealkylation sites (N-methyl/N-ethyl adjacent to an activating group) is 1. The molecule has 0 unspecified atom stereocenters. The maximum atomic E-state index is 12.4. The number of hydrogen-bond donors (Lipinski definition) is 1. The van der Waals surface area contributed by atoms with Crippen LogP contribution in [-0.4, -0.2) is 55.6 Å². The Hall–Kier alpha value is -2.84. The fourth-order valence-electron chi connectivity index (χ4n) is 3.03. The van der Waals surface area contributed by atoms with Crippen molar-refractivity contribution in [3.63, 3.8) is 0 Å². The molecule has 0 spiro atoms. The summed E-state index contributed by atoms with van der Waals surface area (Å²) < 4.78 is 5.36. The van der Waals surface area contributed by atoms with Crippen LogP contribution in [0.2, 0.25) is 5.02 Å². The number of nitrogens with one attached hydrogen (secondary N) is 1. The molecule has 8 nitrogen and oxygen atoms in total. The Kier molecular flexibility index (Phi) is 6.33. The fourth-order valence-corrected chi connectivity index (χ4v) is 3.32. The van der Waals surface area contributed by atoms with Gasteiger partial charge in [-0.2, -0.15) is 0 Å². The van der Waals surface area contributed by atoms with Crippen molar-refractivity contribution in [2.45, 2.75) is 0 Å². The van der Waals surface area contributed by atoms with Gasteiger partial charge in [0.05, 0.1) is 21.3 Å². The van der Waals surface area contributed by atoms with Crippen molar-refractivity contribution >= 4 is 34.6 Å². The Morgan fingerprint density at radius 2 is 1.89 bits per heavy atom. The third-order valence-corrected chi connectivity index (χ3v) is 4.81. The van der Waals surface area contributed by atoms with Crippen LogP contribution in [0.5, 0.6) is 5.75 Å². The highest BCUT2D eigenvalue weighted by Gasteiger charge is 2.21. The van der Waals surface area contributed by atoms with Gasteiger partial charge in [-0.25, -0.2) is 0 Å². The molecule has 1 aliphatic heterocycles. The van der Waals surface area contributed by atoms with Crippen LogP contribution in [0, 0.1) is 10.1 Å². The molecule has 0 aliphatic carbocycles. The van der Waals surface area contributed by atoms with Gasteiger partial charge < -0.3 is 19.9 Å². The number of benzene rings is 2. The van der Waals surface area contributed by atoms with E-state index in [4.69, 9.17) is 16.3 Å². The van der Waals surface area contributed by atoms with Crippen LogP contribution >= 0.6 is 11.6 Å². The zero-order chi connectivity index (χ0) is 20.1. The van der Waals surface area contributed by atoms with E-state index >= 15 is 0 Å². The fraction of sp³-hybridized carbons (Fsp3) is 0.316. The van der Waals surface area contributed by atoms with Gasteiger partial charge in [0.15, 0.2) is 12.4 Å². The van der Waals surface area contributed by atoms with Gasteiger partial charge in [0, 0.05) is 32.2 Å². The number of carbonyl (C=O) groups excluding carboxylic acids is 1. The molecule has 0 aromatic heterocycles. The number of nitro benzene ring substituents is 1. The van der Waals surface area contributed by atoms with Crippen LogP contribution in [0.15, 0.2) is 42.5 Å². The summed E-state index contributed by atoms with van der Waals surface area (Å²) >= 11 is 6.40. The molecule has 1 N–H and O–H groups in total. The molecule has 0 atom stereocenters. The first kappa shape index (κ1) is 19.9. The molecule has 28 heavy (non-hydrogen) atoms. The van der Waals surface area contributed by atoms with E-state index in [1.165, 1.54) is 12.1 Å². The lowest BCUT2D eigenvalue weighted by molar-refractivity contribution is -0.385. The minimum atomic E-state index is -0.546. The molecule has 3 rings (SSSR count). The van der Waals surface area contributed by atoms with Crippen molar-refractivity contribution in [3.8, 4) is 5.75 Å². The van der Waals surface area contributed by atoms with E-state index in [-0.39, 0.29) is 18.0 Å². The van der Waals surface area contributed by atoms with Crippen LogP contribution in [0.4, 0.5) is 17.1 Å². The number of carbonyl (C=O) groups is 1. The van der Waals surface area contributed by atoms with Gasteiger partial charge >= 0.3 is 5.69 Å². The number of piperazine rings is 1. The van der Waals surface area contributed by atoms with Gasteiger partial charge in [-0.1, -0.05) is 29.8 Å². The maximum absolute atomic E-state index is 12.4. The van der Waals surface area contributed by atoms with Crippen LogP contribution in [-0.2, 0) is 4.79 Å². The maximum Gasteiger partial charge on any atom is 0.310 e. The molecule has 9 heteroatoms. The normalized spacial score (nSPS) is 14.6. The molecular weight excluding hydrogens is 384 g/mol. The number of hydrogen-bond acceptors (Lipinski definition) is 6. The SMILES string of the molecule is CN1CCN(c2c(Cl)cccc2NC(=O)COc2ccccc2[N+](=O)[O-])CC1. The van der Waals surface area contributed by atoms with Gasteiger partial charge in [0.2, 0.25) is 0 Å². The van der Waals surface area contributed by atoms with E-state index in [2.05, 4.69) is 22.2 Å². The summed E-state index contributed by atoms with van der Waals surface area (Å²) in [5, 5.41) is 14.4. The van der Waals surface area contributed by atoms with E-state index in [9.17, 15) is 14.9 Å². The third kappa shape index (κ3) is 4.71. The molecule has 148 valence electrons. The molecule has 1 saturated heterocycles. The number of para-hydroxylation sites is 3. The highest BCUT2D eigenvalue weighted by atomic mass is 35.5. The molecule has 2 aromatic carbocycles. The number of nitro groups is 1. The summed E-state index contributed by atoms with van der Waals surface area (Å²) in [6, 6.07) is 11.3. The van der Waals surface area contributed by atoms with Crippen LogP contribution in [0.25, 0.3) is 0 Å². The lowest BCUT2D eigenvalue weighted by Crippen LogP contribution is -2.45. The van der Waals surface area contributed by atoms with Crippen molar-refractivity contribution < 1.29 is 14.5 Å². The Labute approximate surface area is 167 Å². The van der Waals surface area contributed by atoms with Gasteiger partial charge in [0.25, 0.3) is 5.91 Å². The second-order valence-corrected chi connectivity index (χ2v) is 6.90. The van der Waals surface area contributed by atoms with Gasteiger partial charge in [-0.15, -0.1) is 0 Å². The van der Waals surface area contributed by atoms with E-state index in [0.29, 0.717) is 10.7 Å². The van der Waals surface area contributed by atoms with E-state index < -0.39 is 10.8 Å². The van der Waals surface area contributed by atoms with Gasteiger partial charge in [0.1, 0.15) is 0 Å². The molecular formula is C19H21ClN4O4. The summed E-state index contributed by atoms with van der Waals surface area (Å²) in [7, 11) is 2.06. The predicted molar refractivity (Wildman–Crippen MR) is 108 cm³/mol. The number of rotatable bonds is 6. The Bertz CT molecular complexity index is 869. The second-order valence-electron chi connectivity index (χ2n) is 6.49. The first-order chi connectivity index (χ1) is 13.5. The van der Waals surface area contributed by atoms with E-state index in [0.717, 1.165) is 31.9 Å². The zero-order valence-corrected chi connectivity index (χ0v) is 16.2. The number of anilines is 2. The number of amides is 1. The lowest BCUT2D eigenvalue weighted by atomic mass is 10.2. The average molecular weight is 405 g/mol. The number of halogens is 1. The Balaban J connectivity index is 1.69. The zero-order valence-electron chi connectivity index (χ0n) is 15.4. The Morgan fingerprint density at radius 1 is 1.18 bits per heavy atom. The minimum Gasteiger partial charge on any atom is -0.477 e. The third-order valence-electron chi connectivity index (χ3n) is 4.50. The average Bonchev–Trinajstić information content (AvgIpc) is 2.68. The molecule has 1 aliphatic rings. The molecule has 1 heterocycles. The summed E-state index contributed by atoms with van der Waals surface area (Å²) in [6.45, 7) is 3.06. The van der Waals surface area contributed by atoms with E-state index in [1.54, 1.807) is 30.3 Å². The monoisotopic (exact) mass is 404 g/mol. The molecule has 0 radical (unpaired) electrons. The highest BCUT2D eigenvalue weighted by molar-refractivity contribution is 6.34. The van der Waals surface area contributed by atoms with Crippen molar-refractivity contribution in [1.29, 1.82) is 0 Å². The van der Waals surface area contributed by atoms with Crippen LogP contribution < -0.4 is 15.0 Å². The quantitative estimate of drug-likeness (QED) is 0.588. The molecule has 1 fully saturated rings. The standard InChI is InChI=1S/C19H21ClN4O4/c1-22-9-11-23(12-10-22)19-14(20)5-4-6-15(19)21-18(25)13-28-17-8-3-2-7-16(17)24(26)27/h2-8H,9-13H2,1H3,(H,21,25). The molecule has 0 saturated carbocycles. The smallest absolute Gasteiger partial charge is 0.310 e. The lowest BCUT2D eigenvalue weighted by Gasteiger charge is -2.35. The Morgan fingerprint density at radius 3 is 2.61 bits per heavy atom. The first-order valence-electron chi connectivity index (χ1n) is 8.84. The van der Waals surface area contributed by atoms with Crippen LogP contribution in [0.3, 0.4) is 0 Å². The van der Waals surface area contributed by atoms with Crippen molar-refractivity contribution in [2.24, 2.45) is 0 Å². The second kappa shape index (κ2) is 8.90. The van der Waals surface area contributed by atoms with Crippen molar-refractivity contribution in [1.82, 2.24) is 4.90 Å². The molecule has 1 amide bonds. The van der Waals surface area contributed by atoms with Crippen molar-refractivity contribution in [3.05, 3.63) is 57.6 Å². The van der Waals surface area contributed by atoms with Crippen LogP contribution in [0.1, 0.15) is 0 Å². The number of ether oxygens (including phenoxy) is 1. The summed E-state index contributed by atoms with van der Waals surface area (Å²) in [6.07, 6.45) is 0. The minimum absolute atomic E-state index is 0.0491. The van der Waals surface area contributed by atoms with Gasteiger partial charge in [-0.3, -0.25) is 14.9 Å². The largest absolute Gasteiger partial charge is 0.477 e. The topological polar surface area (TPSA) is 88.0 Å². The van der Waals surface area contributed by atoms with E-state index in [1.807, 2.05) is 0 Å². The summed E-state index contributed by atoms with van der Waals surface area (Å²) in [5.74, 6) is -0.371. The highest BCUT2D eigenvalue weighted by Crippen LogP contribution is 2.34. The van der Waals surface area contributed by atoms with Crippen molar-refractivity contribution in [2.75, 3.05) is 50.1 Å². The first-order valence-corrected chi connectivity index (χ1v) is 9.21. The van der Waals surface area contributed by atoms with Gasteiger partial charge in [-0.05, 0) is 25.2 Å². The molecule has 2 aromatic rings. The number of nitrogens with zero attached hydrogens (tertiary/aromatic N) is 3. The molecule has 0 bridgehead atoms. The predicted octanol–water partition coefficient (Wildman–Crippen LogP) is 3.02.